The highest BCUT2D eigenvalue weighted by Gasteiger charge is 2.34. The summed E-state index contributed by atoms with van der Waals surface area (Å²) in [7, 11) is 1.51. The molecule has 0 saturated carbocycles. The number of hydrogen-bond acceptors (Lipinski definition) is 10. The molecule has 2 N–H and O–H groups in total. The number of nitrogens with one attached hydrogen (secondary N) is 2. The van der Waals surface area contributed by atoms with Gasteiger partial charge in [0.15, 0.2) is 12.1 Å². The fourth-order valence-electron chi connectivity index (χ4n) is 6.62. The Balaban J connectivity index is 1.00. The van der Waals surface area contributed by atoms with Crippen molar-refractivity contribution in [1.82, 2.24) is 34.8 Å². The van der Waals surface area contributed by atoms with Crippen molar-refractivity contribution in [3.8, 4) is 16.8 Å². The third kappa shape index (κ3) is 7.33. The Hall–Kier alpha value is -5.91. The summed E-state index contributed by atoms with van der Waals surface area (Å²) < 4.78 is 3.92. The number of rotatable bonds is 10. The number of likely N-dealkylation sites (N-methyl/N-ethyl adjacent to an activating group) is 1. The Morgan fingerprint density at radius 2 is 1.94 bits per heavy atom. The number of benzene rings is 2. The zero-order valence-corrected chi connectivity index (χ0v) is 31.4. The molecule has 13 nitrogen and oxygen atoms in total. The lowest BCUT2D eigenvalue weighted by atomic mass is 10.00. The maximum Gasteiger partial charge on any atom is 0.257 e. The lowest BCUT2D eigenvalue weighted by Crippen LogP contribution is -2.53. The van der Waals surface area contributed by atoms with Crippen molar-refractivity contribution in [3.63, 3.8) is 0 Å². The van der Waals surface area contributed by atoms with Crippen LogP contribution in [0.2, 0.25) is 5.02 Å². The topological polar surface area (TPSA) is 156 Å². The number of carbonyl (C=O) groups excluding carboxylic acids is 4. The Labute approximate surface area is 320 Å². The lowest BCUT2D eigenvalue weighted by Gasteiger charge is -2.30. The quantitative estimate of drug-likeness (QED) is 0.0859. The van der Waals surface area contributed by atoms with Gasteiger partial charge in [0.05, 0.1) is 27.9 Å². The third-order valence-electron chi connectivity index (χ3n) is 9.47. The highest BCUT2D eigenvalue weighted by Crippen LogP contribution is 2.36. The molecule has 0 aliphatic carbocycles. The summed E-state index contributed by atoms with van der Waals surface area (Å²) in [5, 5.41) is 20.4. The van der Waals surface area contributed by atoms with Crippen molar-refractivity contribution >= 4 is 58.3 Å². The molecular weight excluding hydrogens is 726 g/mol. The molecule has 1 atom stereocenters. The average molecular weight is 762 g/mol. The molecule has 0 radical (unpaired) electrons. The van der Waals surface area contributed by atoms with Crippen LogP contribution in [0.3, 0.4) is 0 Å². The van der Waals surface area contributed by atoms with Crippen molar-refractivity contribution in [2.45, 2.75) is 58.7 Å². The number of unbranched alkanes of at least 4 members (excludes halogenated alkanes) is 1. The molecule has 5 heterocycles. The van der Waals surface area contributed by atoms with Crippen LogP contribution in [0.4, 0.5) is 5.69 Å². The number of fused-ring (bicyclic) bond motifs is 3. The van der Waals surface area contributed by atoms with Gasteiger partial charge in [0.2, 0.25) is 11.8 Å². The van der Waals surface area contributed by atoms with Crippen LogP contribution in [-0.4, -0.2) is 78.8 Å². The largest absolute Gasteiger partial charge is 0.384 e. The van der Waals surface area contributed by atoms with Gasteiger partial charge in [0.25, 0.3) is 5.91 Å². The van der Waals surface area contributed by atoms with Crippen LogP contribution in [0, 0.1) is 25.7 Å². The Morgan fingerprint density at radius 1 is 1.13 bits per heavy atom. The summed E-state index contributed by atoms with van der Waals surface area (Å²) in [6, 6.07) is 11.9. The predicted molar refractivity (Wildman–Crippen MR) is 206 cm³/mol. The van der Waals surface area contributed by atoms with E-state index in [-0.39, 0.29) is 29.9 Å². The van der Waals surface area contributed by atoms with E-state index in [0.29, 0.717) is 36.6 Å². The molecular formula is C39H36ClN9O4S. The van der Waals surface area contributed by atoms with Crippen molar-refractivity contribution in [2.24, 2.45) is 4.99 Å². The van der Waals surface area contributed by atoms with E-state index in [2.05, 4.69) is 49.3 Å². The van der Waals surface area contributed by atoms with Crippen molar-refractivity contribution < 1.29 is 19.2 Å². The molecule has 3 aromatic heterocycles. The van der Waals surface area contributed by atoms with E-state index < -0.39 is 17.9 Å². The van der Waals surface area contributed by atoms with Gasteiger partial charge in [-0.05, 0) is 56.9 Å². The zero-order valence-electron chi connectivity index (χ0n) is 29.9. The second-order valence-corrected chi connectivity index (χ2v) is 14.5. The van der Waals surface area contributed by atoms with Crippen LogP contribution < -0.4 is 10.6 Å². The van der Waals surface area contributed by atoms with Crippen LogP contribution in [0.5, 0.6) is 0 Å². The first-order chi connectivity index (χ1) is 26.1. The fraction of sp³-hybridized carbons (Fsp3) is 0.282. The predicted octanol–water partition coefficient (Wildman–Crippen LogP) is 5.13. The number of aromatic nitrogens is 5. The molecule has 15 heteroatoms. The summed E-state index contributed by atoms with van der Waals surface area (Å²) in [6.45, 7) is 5.61. The molecule has 1 fully saturated rings. The number of anilines is 1. The molecule has 2 aliphatic heterocycles. The fourth-order valence-corrected chi connectivity index (χ4v) is 7.98. The second kappa shape index (κ2) is 15.6. The molecule has 5 aromatic rings. The van der Waals surface area contributed by atoms with Crippen LogP contribution in [0.1, 0.15) is 85.2 Å². The highest BCUT2D eigenvalue weighted by molar-refractivity contribution is 7.15. The van der Waals surface area contributed by atoms with Gasteiger partial charge in [-0.15, -0.1) is 21.5 Å². The second-order valence-electron chi connectivity index (χ2n) is 13.1. The molecule has 274 valence electrons. The molecule has 54 heavy (non-hydrogen) atoms. The summed E-state index contributed by atoms with van der Waals surface area (Å²) >= 11 is 7.79. The molecule has 1 unspecified atom stereocenters. The first-order valence-electron chi connectivity index (χ1n) is 17.5. The maximum atomic E-state index is 13.5. The first kappa shape index (κ1) is 36.4. The number of amides is 3. The van der Waals surface area contributed by atoms with E-state index in [9.17, 15) is 19.2 Å². The molecule has 2 aliphatic rings. The summed E-state index contributed by atoms with van der Waals surface area (Å²) in [5.74, 6) is 6.87. The van der Waals surface area contributed by atoms with E-state index in [1.165, 1.54) is 11.9 Å². The van der Waals surface area contributed by atoms with Crippen LogP contribution >= 0.6 is 22.9 Å². The number of imide groups is 1. The number of aliphatic imine (C=N–C) groups is 1. The minimum absolute atomic E-state index is 0.141. The van der Waals surface area contributed by atoms with Gasteiger partial charge in [-0.25, -0.2) is 0 Å². The molecule has 0 spiro atoms. The summed E-state index contributed by atoms with van der Waals surface area (Å²) in [4.78, 5) is 56.6. The standard InChI is InChI=1S/C39H36ClN9O4S/c1-23-31(54-39-34(23)36(26-10-12-28(40)13-11-26)42-20-32-46-45-24(2)49(32)39)15-9-25-19-43-48(21-25)18-5-4-17-41-29-8-6-7-27(22-50)35(29)38(53)47(3)30-14-16-33(51)44-37(30)52/h6-8,10-13,19,21-22,30,41H,4-5,14,16-18,20H2,1-3H3,(H,44,51,52). The number of thiophene rings is 1. The Kier molecular flexibility index (Phi) is 10.5. The molecule has 2 aromatic carbocycles. The van der Waals surface area contributed by atoms with Crippen LogP contribution in [-0.2, 0) is 22.7 Å². The van der Waals surface area contributed by atoms with Crippen molar-refractivity contribution in [2.75, 3.05) is 18.9 Å². The van der Waals surface area contributed by atoms with Crippen LogP contribution in [0.25, 0.3) is 5.00 Å². The van der Waals surface area contributed by atoms with E-state index in [4.69, 9.17) is 16.6 Å². The molecule has 3 amide bonds. The van der Waals surface area contributed by atoms with E-state index >= 15 is 0 Å². The number of piperidine rings is 1. The zero-order chi connectivity index (χ0) is 37.9. The normalized spacial score (nSPS) is 14.9. The summed E-state index contributed by atoms with van der Waals surface area (Å²) in [5.41, 5.74) is 5.58. The Morgan fingerprint density at radius 3 is 2.72 bits per heavy atom. The van der Waals surface area contributed by atoms with Crippen molar-refractivity contribution in [3.05, 3.63) is 110 Å². The highest BCUT2D eigenvalue weighted by atomic mass is 35.5. The van der Waals surface area contributed by atoms with Gasteiger partial charge >= 0.3 is 0 Å². The Bertz CT molecular complexity index is 2380. The first-order valence-corrected chi connectivity index (χ1v) is 18.6. The number of aryl methyl sites for hydroxylation is 2. The number of halogens is 1. The van der Waals surface area contributed by atoms with Gasteiger partial charge in [-0.3, -0.25) is 38.7 Å². The number of carbonyl (C=O) groups is 4. The minimum atomic E-state index is -0.801. The molecule has 7 rings (SSSR count). The minimum Gasteiger partial charge on any atom is -0.384 e. The smallest absolute Gasteiger partial charge is 0.257 e. The van der Waals surface area contributed by atoms with Crippen molar-refractivity contribution in [1.29, 1.82) is 0 Å². The van der Waals surface area contributed by atoms with E-state index in [1.807, 2.05) is 42.1 Å². The summed E-state index contributed by atoms with van der Waals surface area (Å²) in [6.07, 6.45) is 6.22. The molecule has 0 bridgehead atoms. The van der Waals surface area contributed by atoms with Crippen LogP contribution in [0.15, 0.2) is 59.9 Å². The number of nitrogens with zero attached hydrogens (tertiary/aromatic N) is 7. The van der Waals surface area contributed by atoms with E-state index in [1.54, 1.807) is 35.7 Å². The van der Waals surface area contributed by atoms with Gasteiger partial charge in [0.1, 0.15) is 23.4 Å². The van der Waals surface area contributed by atoms with Gasteiger partial charge in [-0.2, -0.15) is 5.10 Å². The number of aldehydes is 1. The maximum absolute atomic E-state index is 13.5. The monoisotopic (exact) mass is 761 g/mol. The lowest BCUT2D eigenvalue weighted by molar-refractivity contribution is -0.136. The average Bonchev–Trinajstić information content (AvgIpc) is 3.84. The van der Waals surface area contributed by atoms with Gasteiger partial charge in [-0.1, -0.05) is 47.7 Å². The SMILES string of the molecule is Cc1c(C#Cc2cnn(CCCCNc3cccc(C=O)c3C(=O)N(C)C3CCC(=O)NC3=O)c2)sc2c1C(c1ccc(Cl)cc1)=NCc1nnc(C)n1-2. The third-order valence-corrected chi connectivity index (χ3v) is 10.9. The van der Waals surface area contributed by atoms with Gasteiger partial charge in [0, 0.05) is 60.2 Å². The number of hydrogen-bond donors (Lipinski definition) is 2. The van der Waals surface area contributed by atoms with E-state index in [0.717, 1.165) is 62.3 Å². The molecule has 1 saturated heterocycles. The van der Waals surface area contributed by atoms with Gasteiger partial charge < -0.3 is 10.2 Å².